The van der Waals surface area contributed by atoms with E-state index in [1.807, 2.05) is 32.0 Å². The van der Waals surface area contributed by atoms with Crippen LogP contribution in [0.3, 0.4) is 0 Å². The predicted molar refractivity (Wildman–Crippen MR) is 103 cm³/mol. The van der Waals surface area contributed by atoms with E-state index in [2.05, 4.69) is 15.3 Å². The molecule has 0 saturated heterocycles. The zero-order valence-electron chi connectivity index (χ0n) is 15.1. The average molecular weight is 420 g/mol. The van der Waals surface area contributed by atoms with Gasteiger partial charge in [0.1, 0.15) is 11.5 Å². The molecule has 1 aliphatic heterocycles. The molecule has 4 rings (SSSR count). The number of pyridine rings is 1. The van der Waals surface area contributed by atoms with Gasteiger partial charge in [-0.2, -0.15) is 4.68 Å². The van der Waals surface area contributed by atoms with E-state index < -0.39 is 5.82 Å². The fourth-order valence-corrected chi connectivity index (χ4v) is 3.90. The van der Waals surface area contributed by atoms with Crippen molar-refractivity contribution in [2.45, 2.75) is 25.8 Å². The molecule has 1 aliphatic rings. The fraction of sp³-hybridized carbons (Fsp3) is 0.263. The Kier molecular flexibility index (Phi) is 4.81. The lowest BCUT2D eigenvalue weighted by molar-refractivity contribution is 0.0653. The van der Waals surface area contributed by atoms with Crippen molar-refractivity contribution in [3.63, 3.8) is 0 Å². The first-order valence-corrected chi connectivity index (χ1v) is 9.47. The summed E-state index contributed by atoms with van der Waals surface area (Å²) in [4.78, 5) is 19.1. The third kappa shape index (κ3) is 2.95. The molecule has 0 aliphatic carbocycles. The van der Waals surface area contributed by atoms with Crippen LogP contribution in [0.2, 0.25) is 10.0 Å². The Morgan fingerprint density at radius 3 is 2.68 bits per heavy atom. The molecule has 0 radical (unpaired) electrons. The predicted octanol–water partition coefficient (Wildman–Crippen LogP) is 4.43. The number of amides is 1. The maximum Gasteiger partial charge on any atom is 0.256 e. The quantitative estimate of drug-likeness (QED) is 0.576. The lowest BCUT2D eigenvalue weighted by atomic mass is 9.94. The Hall–Kier alpha value is -2.51. The number of aromatic nitrogens is 4. The number of hydrogen-bond donors (Lipinski definition) is 0. The minimum Gasteiger partial charge on any atom is -0.329 e. The monoisotopic (exact) mass is 419 g/mol. The van der Waals surface area contributed by atoms with Gasteiger partial charge < -0.3 is 4.90 Å². The lowest BCUT2D eigenvalue weighted by Crippen LogP contribution is -2.41. The summed E-state index contributed by atoms with van der Waals surface area (Å²) in [6, 6.07) is 7.71. The Bertz CT molecular complexity index is 1060. The third-order valence-corrected chi connectivity index (χ3v) is 5.78. The van der Waals surface area contributed by atoms with Gasteiger partial charge in [0.2, 0.25) is 0 Å². The Morgan fingerprint density at radius 1 is 1.18 bits per heavy atom. The lowest BCUT2D eigenvalue weighted by Gasteiger charge is -2.36. The van der Waals surface area contributed by atoms with Gasteiger partial charge in [0.05, 0.1) is 27.3 Å². The smallest absolute Gasteiger partial charge is 0.256 e. The molecule has 2 atom stereocenters. The molecule has 1 amide bonds. The van der Waals surface area contributed by atoms with Crippen LogP contribution in [-0.4, -0.2) is 37.3 Å². The van der Waals surface area contributed by atoms with Crippen molar-refractivity contribution in [3.05, 3.63) is 69.3 Å². The Morgan fingerprint density at radius 2 is 1.96 bits per heavy atom. The second-order valence-electron chi connectivity index (χ2n) is 6.72. The van der Waals surface area contributed by atoms with Crippen molar-refractivity contribution in [2.75, 3.05) is 6.54 Å². The molecule has 144 valence electrons. The van der Waals surface area contributed by atoms with Crippen LogP contribution in [-0.2, 0) is 0 Å². The van der Waals surface area contributed by atoms with Crippen molar-refractivity contribution in [1.29, 1.82) is 0 Å². The van der Waals surface area contributed by atoms with Gasteiger partial charge in [-0.15, -0.1) is 5.10 Å². The molecule has 3 heterocycles. The first-order chi connectivity index (χ1) is 13.4. The highest BCUT2D eigenvalue weighted by atomic mass is 35.5. The molecule has 2 aromatic heterocycles. The van der Waals surface area contributed by atoms with Crippen molar-refractivity contribution in [2.24, 2.45) is 0 Å². The van der Waals surface area contributed by atoms with E-state index in [-0.39, 0.29) is 33.5 Å². The van der Waals surface area contributed by atoms with E-state index in [0.29, 0.717) is 18.1 Å². The molecule has 0 bridgehead atoms. The number of carbonyl (C=O) groups is 1. The van der Waals surface area contributed by atoms with Crippen molar-refractivity contribution < 1.29 is 9.18 Å². The molecule has 0 saturated carbocycles. The first-order valence-electron chi connectivity index (χ1n) is 8.71. The number of benzene rings is 1. The van der Waals surface area contributed by atoms with Crippen molar-refractivity contribution in [3.8, 4) is 5.82 Å². The van der Waals surface area contributed by atoms with Gasteiger partial charge in [-0.1, -0.05) is 41.4 Å². The van der Waals surface area contributed by atoms with E-state index in [0.717, 1.165) is 11.8 Å². The van der Waals surface area contributed by atoms with Crippen LogP contribution in [0.5, 0.6) is 0 Å². The van der Waals surface area contributed by atoms with Gasteiger partial charge in [-0.05, 0) is 31.2 Å². The topological polar surface area (TPSA) is 63.9 Å². The van der Waals surface area contributed by atoms with E-state index >= 15 is 0 Å². The maximum absolute atomic E-state index is 13.6. The van der Waals surface area contributed by atoms with Crippen LogP contribution in [0.15, 0.2) is 36.5 Å². The zero-order chi connectivity index (χ0) is 20.0. The molecular formula is C19H16Cl2FN5O. The summed E-state index contributed by atoms with van der Waals surface area (Å²) in [6.45, 7) is 4.30. The molecule has 0 N–H and O–H groups in total. The number of rotatable bonds is 2. The minimum absolute atomic E-state index is 0.0400. The van der Waals surface area contributed by atoms with Gasteiger partial charge in [0.15, 0.2) is 5.82 Å². The normalized spacial score (nSPS) is 18.8. The highest BCUT2D eigenvalue weighted by Crippen LogP contribution is 2.37. The number of carbonyl (C=O) groups excluding carboxylic acids is 1. The average Bonchev–Trinajstić information content (AvgIpc) is 3.15. The first kappa shape index (κ1) is 18.8. The minimum atomic E-state index is -0.663. The van der Waals surface area contributed by atoms with E-state index in [1.54, 1.807) is 15.8 Å². The Labute approximate surface area is 170 Å². The SMILES string of the molecule is CC1CN(C(=O)c2ccc(F)c(Cl)c2Cl)[C@H](C)c2nnn(-c3ccccn3)c21. The molecule has 1 aromatic carbocycles. The van der Waals surface area contributed by atoms with E-state index in [1.165, 1.54) is 6.07 Å². The Balaban J connectivity index is 1.72. The summed E-state index contributed by atoms with van der Waals surface area (Å²) in [5.74, 6) is -0.363. The fourth-order valence-electron chi connectivity index (χ4n) is 3.50. The number of fused-ring (bicyclic) bond motifs is 1. The number of hydrogen-bond acceptors (Lipinski definition) is 4. The summed E-state index contributed by atoms with van der Waals surface area (Å²) >= 11 is 12.0. The van der Waals surface area contributed by atoms with Crippen LogP contribution in [0.25, 0.3) is 5.82 Å². The third-order valence-electron chi connectivity index (χ3n) is 4.93. The molecular weight excluding hydrogens is 404 g/mol. The summed E-state index contributed by atoms with van der Waals surface area (Å²) in [5.41, 5.74) is 1.77. The molecule has 3 aromatic rings. The molecule has 0 spiro atoms. The maximum atomic E-state index is 13.6. The highest BCUT2D eigenvalue weighted by Gasteiger charge is 2.37. The van der Waals surface area contributed by atoms with E-state index in [9.17, 15) is 9.18 Å². The summed E-state index contributed by atoms with van der Waals surface area (Å²) in [7, 11) is 0. The van der Waals surface area contributed by atoms with Gasteiger partial charge in [-0.25, -0.2) is 9.37 Å². The summed E-state index contributed by atoms with van der Waals surface area (Å²) in [6.07, 6.45) is 1.69. The van der Waals surface area contributed by atoms with E-state index in [4.69, 9.17) is 23.2 Å². The van der Waals surface area contributed by atoms with Crippen LogP contribution < -0.4 is 0 Å². The highest BCUT2D eigenvalue weighted by molar-refractivity contribution is 6.44. The number of halogens is 3. The largest absolute Gasteiger partial charge is 0.329 e. The molecule has 1 unspecified atom stereocenters. The molecule has 9 heteroatoms. The second kappa shape index (κ2) is 7.14. The van der Waals surface area contributed by atoms with Gasteiger partial charge >= 0.3 is 0 Å². The van der Waals surface area contributed by atoms with Gasteiger partial charge in [-0.3, -0.25) is 4.79 Å². The zero-order valence-corrected chi connectivity index (χ0v) is 16.6. The standard InChI is InChI=1S/C19H16Cl2FN5O/c1-10-9-26(19(28)12-6-7-13(22)16(21)15(12)20)11(2)17-18(10)27(25-24-17)14-5-3-4-8-23-14/h3-8,10-11H,9H2,1-2H3/t10?,11-/m1/s1. The van der Waals surface area contributed by atoms with Crippen LogP contribution in [0.1, 0.15) is 47.6 Å². The van der Waals surface area contributed by atoms with Crippen LogP contribution in [0, 0.1) is 5.82 Å². The van der Waals surface area contributed by atoms with Crippen LogP contribution in [0.4, 0.5) is 4.39 Å². The summed E-state index contributed by atoms with van der Waals surface area (Å²) in [5, 5.41) is 8.21. The molecule has 6 nitrogen and oxygen atoms in total. The van der Waals surface area contributed by atoms with Crippen molar-refractivity contribution in [1.82, 2.24) is 24.9 Å². The number of nitrogens with zero attached hydrogens (tertiary/aromatic N) is 5. The van der Waals surface area contributed by atoms with Crippen LogP contribution >= 0.6 is 23.2 Å². The second-order valence-corrected chi connectivity index (χ2v) is 7.47. The van der Waals surface area contributed by atoms with Crippen molar-refractivity contribution >= 4 is 29.1 Å². The van der Waals surface area contributed by atoms with Gasteiger partial charge in [0, 0.05) is 18.7 Å². The van der Waals surface area contributed by atoms with Gasteiger partial charge in [0.25, 0.3) is 5.91 Å². The molecule has 0 fully saturated rings. The summed E-state index contributed by atoms with van der Waals surface area (Å²) < 4.78 is 15.3. The molecule has 28 heavy (non-hydrogen) atoms.